The van der Waals surface area contributed by atoms with E-state index in [1.807, 2.05) is 0 Å². The van der Waals surface area contributed by atoms with E-state index in [2.05, 4.69) is 4.72 Å². The Morgan fingerprint density at radius 3 is 2.41 bits per heavy atom. The molecule has 0 heterocycles. The predicted octanol–water partition coefficient (Wildman–Crippen LogP) is 1.39. The van der Waals surface area contributed by atoms with Crippen LogP contribution in [0.1, 0.15) is 26.3 Å². The van der Waals surface area contributed by atoms with Crippen LogP contribution < -0.4 is 4.72 Å². The van der Waals surface area contributed by atoms with Crippen LogP contribution in [-0.4, -0.2) is 19.1 Å². The normalized spacial score (nSPS) is 12.8. The molecule has 1 rings (SSSR count). The van der Waals surface area contributed by atoms with Crippen molar-refractivity contribution in [2.45, 2.75) is 37.8 Å². The molecule has 0 radical (unpaired) electrons. The molecule has 1 aromatic carbocycles. The van der Waals surface area contributed by atoms with Gasteiger partial charge in [-0.05, 0) is 38.5 Å². The molecular weight excluding hydrogens is 245 g/mol. The molecule has 2 N–H and O–H groups in total. The maximum atomic E-state index is 13.1. The van der Waals surface area contributed by atoms with E-state index in [1.54, 1.807) is 20.8 Å². The summed E-state index contributed by atoms with van der Waals surface area (Å²) in [6, 6.07) is 3.27. The minimum Gasteiger partial charge on any atom is -0.392 e. The fourth-order valence-corrected chi connectivity index (χ4v) is 3.03. The van der Waals surface area contributed by atoms with E-state index < -0.39 is 28.0 Å². The molecule has 0 bridgehead atoms. The van der Waals surface area contributed by atoms with Crippen molar-refractivity contribution in [3.8, 4) is 0 Å². The molecule has 0 aliphatic rings. The smallest absolute Gasteiger partial charge is 0.241 e. The standard InChI is InChI=1S/C11H16FNO3S/c1-11(2,3)13-17(15,16)10-6-9(12)5-4-8(10)7-14/h4-6,13-14H,7H2,1-3H3. The van der Waals surface area contributed by atoms with Gasteiger partial charge >= 0.3 is 0 Å². The van der Waals surface area contributed by atoms with Crippen molar-refractivity contribution in [3.63, 3.8) is 0 Å². The molecule has 1 aromatic rings. The Labute approximate surface area is 101 Å². The number of benzene rings is 1. The molecule has 0 saturated carbocycles. The highest BCUT2D eigenvalue weighted by atomic mass is 32.2. The number of nitrogens with one attached hydrogen (secondary N) is 1. The molecule has 4 nitrogen and oxygen atoms in total. The van der Waals surface area contributed by atoms with Gasteiger partial charge in [-0.15, -0.1) is 0 Å². The summed E-state index contributed by atoms with van der Waals surface area (Å²) in [6.45, 7) is 4.59. The zero-order chi connectivity index (χ0) is 13.3. The lowest BCUT2D eigenvalue weighted by Gasteiger charge is -2.21. The first-order chi connectivity index (χ1) is 7.65. The second-order valence-electron chi connectivity index (χ2n) is 4.77. The predicted molar refractivity (Wildman–Crippen MR) is 62.4 cm³/mol. The van der Waals surface area contributed by atoms with Crippen LogP contribution >= 0.6 is 0 Å². The summed E-state index contributed by atoms with van der Waals surface area (Å²) in [4.78, 5) is -0.227. The van der Waals surface area contributed by atoms with Crippen molar-refractivity contribution in [1.29, 1.82) is 0 Å². The van der Waals surface area contributed by atoms with E-state index in [0.29, 0.717) is 0 Å². The minimum atomic E-state index is -3.83. The maximum absolute atomic E-state index is 13.1. The van der Waals surface area contributed by atoms with Crippen molar-refractivity contribution in [3.05, 3.63) is 29.6 Å². The van der Waals surface area contributed by atoms with E-state index >= 15 is 0 Å². The number of aliphatic hydroxyl groups excluding tert-OH is 1. The highest BCUT2D eigenvalue weighted by Crippen LogP contribution is 2.19. The van der Waals surface area contributed by atoms with Crippen LogP contribution in [0.2, 0.25) is 0 Å². The summed E-state index contributed by atoms with van der Waals surface area (Å²) in [7, 11) is -3.83. The largest absolute Gasteiger partial charge is 0.392 e. The topological polar surface area (TPSA) is 66.4 Å². The van der Waals surface area contributed by atoms with Gasteiger partial charge in [-0.2, -0.15) is 0 Å². The summed E-state index contributed by atoms with van der Waals surface area (Å²) in [6.07, 6.45) is 0. The molecule has 0 unspecified atom stereocenters. The summed E-state index contributed by atoms with van der Waals surface area (Å²) >= 11 is 0. The zero-order valence-corrected chi connectivity index (χ0v) is 10.8. The first-order valence-electron chi connectivity index (χ1n) is 5.09. The van der Waals surface area contributed by atoms with E-state index in [-0.39, 0.29) is 10.5 Å². The first kappa shape index (κ1) is 14.1. The van der Waals surface area contributed by atoms with E-state index in [9.17, 15) is 12.8 Å². The SMILES string of the molecule is CC(C)(C)NS(=O)(=O)c1cc(F)ccc1CO. The van der Waals surface area contributed by atoms with Gasteiger partial charge in [0.05, 0.1) is 11.5 Å². The molecule has 0 spiro atoms. The van der Waals surface area contributed by atoms with Crippen molar-refractivity contribution < 1.29 is 17.9 Å². The highest BCUT2D eigenvalue weighted by molar-refractivity contribution is 7.89. The molecule has 0 saturated heterocycles. The molecule has 96 valence electrons. The molecule has 0 aliphatic heterocycles. The monoisotopic (exact) mass is 261 g/mol. The van der Waals surface area contributed by atoms with Crippen molar-refractivity contribution in [1.82, 2.24) is 4.72 Å². The molecule has 17 heavy (non-hydrogen) atoms. The number of hydrogen-bond donors (Lipinski definition) is 2. The van der Waals surface area contributed by atoms with Gasteiger partial charge in [0.1, 0.15) is 5.82 Å². The summed E-state index contributed by atoms with van der Waals surface area (Å²) < 4.78 is 39.5. The molecule has 0 amide bonds. The Bertz CT molecular complexity index is 506. The second-order valence-corrected chi connectivity index (χ2v) is 6.42. The number of halogens is 1. The Balaban J connectivity index is 3.28. The van der Waals surface area contributed by atoms with E-state index in [0.717, 1.165) is 12.1 Å². The third-order valence-corrected chi connectivity index (χ3v) is 3.77. The third kappa shape index (κ3) is 3.76. The third-order valence-electron chi connectivity index (χ3n) is 1.93. The number of hydrogen-bond acceptors (Lipinski definition) is 3. The Hall–Kier alpha value is -0.980. The Kier molecular flexibility index (Phi) is 3.91. The van der Waals surface area contributed by atoms with Crippen molar-refractivity contribution >= 4 is 10.0 Å². The average molecular weight is 261 g/mol. The number of aliphatic hydroxyl groups is 1. The molecule has 0 aromatic heterocycles. The molecule has 0 atom stereocenters. The van der Waals surface area contributed by atoms with E-state index in [1.165, 1.54) is 6.07 Å². The van der Waals surface area contributed by atoms with Gasteiger partial charge in [-0.25, -0.2) is 17.5 Å². The zero-order valence-electron chi connectivity index (χ0n) is 9.99. The lowest BCUT2D eigenvalue weighted by molar-refractivity contribution is 0.278. The summed E-state index contributed by atoms with van der Waals surface area (Å²) in [5.74, 6) is -0.656. The summed E-state index contributed by atoms with van der Waals surface area (Å²) in [5, 5.41) is 9.06. The average Bonchev–Trinajstić information content (AvgIpc) is 2.14. The number of sulfonamides is 1. The van der Waals surface area contributed by atoms with Gasteiger partial charge in [0.2, 0.25) is 10.0 Å². The van der Waals surface area contributed by atoms with Crippen LogP contribution in [0.5, 0.6) is 0 Å². The van der Waals surface area contributed by atoms with Gasteiger partial charge in [0, 0.05) is 5.54 Å². The van der Waals surface area contributed by atoms with Crippen LogP contribution in [-0.2, 0) is 16.6 Å². The quantitative estimate of drug-likeness (QED) is 0.864. The maximum Gasteiger partial charge on any atom is 0.241 e. The van der Waals surface area contributed by atoms with Crippen LogP contribution in [0.3, 0.4) is 0 Å². The van der Waals surface area contributed by atoms with Crippen LogP contribution in [0, 0.1) is 5.82 Å². The van der Waals surface area contributed by atoms with Gasteiger partial charge < -0.3 is 5.11 Å². The fourth-order valence-electron chi connectivity index (χ4n) is 1.37. The van der Waals surface area contributed by atoms with Crippen molar-refractivity contribution in [2.24, 2.45) is 0 Å². The van der Waals surface area contributed by atoms with Gasteiger partial charge in [-0.1, -0.05) is 6.07 Å². The fraction of sp³-hybridized carbons (Fsp3) is 0.455. The second kappa shape index (κ2) is 4.72. The highest BCUT2D eigenvalue weighted by Gasteiger charge is 2.24. The molecule has 0 aliphatic carbocycles. The molecule has 0 fully saturated rings. The first-order valence-corrected chi connectivity index (χ1v) is 6.57. The van der Waals surface area contributed by atoms with Crippen LogP contribution in [0.4, 0.5) is 4.39 Å². The Morgan fingerprint density at radius 2 is 1.94 bits per heavy atom. The van der Waals surface area contributed by atoms with Gasteiger partial charge in [0.15, 0.2) is 0 Å². The molecular formula is C11H16FNO3S. The van der Waals surface area contributed by atoms with Gasteiger partial charge in [0.25, 0.3) is 0 Å². The van der Waals surface area contributed by atoms with Crippen LogP contribution in [0.25, 0.3) is 0 Å². The van der Waals surface area contributed by atoms with Gasteiger partial charge in [-0.3, -0.25) is 0 Å². The lowest BCUT2D eigenvalue weighted by atomic mass is 10.1. The van der Waals surface area contributed by atoms with Crippen LogP contribution in [0.15, 0.2) is 23.1 Å². The van der Waals surface area contributed by atoms with Crippen molar-refractivity contribution in [2.75, 3.05) is 0 Å². The number of rotatable bonds is 3. The summed E-state index contributed by atoms with van der Waals surface area (Å²) in [5.41, 5.74) is -0.499. The minimum absolute atomic E-state index is 0.170. The molecule has 6 heteroatoms. The van der Waals surface area contributed by atoms with E-state index in [4.69, 9.17) is 5.11 Å². The lowest BCUT2D eigenvalue weighted by Crippen LogP contribution is -2.40. The Morgan fingerprint density at radius 1 is 1.35 bits per heavy atom.